The Labute approximate surface area is 99.5 Å². The summed E-state index contributed by atoms with van der Waals surface area (Å²) in [6.07, 6.45) is 1.68. The van der Waals surface area contributed by atoms with Gasteiger partial charge in [-0.05, 0) is 19.2 Å². The molecular weight excluding hydrogens is 220 g/mol. The van der Waals surface area contributed by atoms with E-state index >= 15 is 0 Å². The van der Waals surface area contributed by atoms with Crippen LogP contribution in [0.25, 0.3) is 10.8 Å². The Morgan fingerprint density at radius 1 is 1.50 bits per heavy atom. The molecule has 0 saturated heterocycles. The smallest absolute Gasteiger partial charge is 0.162 e. The van der Waals surface area contributed by atoms with Crippen LogP contribution in [0.15, 0.2) is 28.2 Å². The fourth-order valence-electron chi connectivity index (χ4n) is 1.63. The maximum Gasteiger partial charge on any atom is 0.162 e. The normalized spacial score (nSPS) is 11.9. The van der Waals surface area contributed by atoms with E-state index in [1.807, 2.05) is 19.2 Å². The van der Waals surface area contributed by atoms with Crippen molar-refractivity contribution in [2.45, 2.75) is 19.3 Å². The van der Waals surface area contributed by atoms with Gasteiger partial charge >= 0.3 is 0 Å². The van der Waals surface area contributed by atoms with Crippen LogP contribution in [0.4, 0.5) is 0 Å². The van der Waals surface area contributed by atoms with Gasteiger partial charge in [-0.15, -0.1) is 11.3 Å². The lowest BCUT2D eigenvalue weighted by atomic mass is 9.90. The molecule has 2 aromatic heterocycles. The molecule has 0 aliphatic rings. The maximum absolute atomic E-state index is 5.34. The van der Waals surface area contributed by atoms with Crippen LogP contribution in [-0.4, -0.2) is 18.6 Å². The molecule has 0 amide bonds. The lowest BCUT2D eigenvalue weighted by Gasteiger charge is -2.21. The van der Waals surface area contributed by atoms with Crippen molar-refractivity contribution in [2.75, 3.05) is 13.6 Å². The summed E-state index contributed by atoms with van der Waals surface area (Å²) in [6, 6.07) is 3.82. The zero-order valence-electron chi connectivity index (χ0n) is 9.78. The molecule has 2 aromatic rings. The molecule has 2 heterocycles. The highest BCUT2D eigenvalue weighted by Gasteiger charge is 2.23. The minimum Gasteiger partial charge on any atom is -0.462 e. The number of likely N-dealkylation sites (N-methyl/N-ethyl adjacent to an activating group) is 1. The Hall–Kier alpha value is -1.13. The zero-order valence-corrected chi connectivity index (χ0v) is 10.6. The van der Waals surface area contributed by atoms with E-state index in [1.165, 1.54) is 0 Å². The Balaban J connectivity index is 2.26. The van der Waals surface area contributed by atoms with Gasteiger partial charge in [-0.1, -0.05) is 13.8 Å². The van der Waals surface area contributed by atoms with Crippen LogP contribution in [0.1, 0.15) is 19.5 Å². The summed E-state index contributed by atoms with van der Waals surface area (Å²) < 4.78 is 5.34. The van der Waals surface area contributed by atoms with E-state index in [9.17, 15) is 0 Å². The van der Waals surface area contributed by atoms with Crippen molar-refractivity contribution in [3.63, 3.8) is 0 Å². The molecule has 0 saturated carbocycles. The number of rotatable bonds is 4. The molecule has 4 heteroatoms. The van der Waals surface area contributed by atoms with Gasteiger partial charge in [0, 0.05) is 17.3 Å². The predicted octanol–water partition coefficient (Wildman–Crippen LogP) is 2.90. The molecule has 0 spiro atoms. The number of hydrogen-bond donors (Lipinski definition) is 1. The molecule has 86 valence electrons. The minimum absolute atomic E-state index is 0.0517. The molecule has 0 fully saturated rings. The second-order valence-electron chi connectivity index (χ2n) is 4.43. The van der Waals surface area contributed by atoms with E-state index in [1.54, 1.807) is 17.6 Å². The average Bonchev–Trinajstić information content (AvgIpc) is 2.89. The van der Waals surface area contributed by atoms with E-state index in [2.05, 4.69) is 29.5 Å². The molecular formula is C12H16N2OS. The molecule has 2 rings (SSSR count). The second kappa shape index (κ2) is 4.39. The van der Waals surface area contributed by atoms with E-state index in [-0.39, 0.29) is 5.41 Å². The van der Waals surface area contributed by atoms with E-state index < -0.39 is 0 Å². The van der Waals surface area contributed by atoms with Gasteiger partial charge in [0.15, 0.2) is 10.8 Å². The molecule has 0 aliphatic carbocycles. The summed E-state index contributed by atoms with van der Waals surface area (Å²) in [5.41, 5.74) is 1.16. The Morgan fingerprint density at radius 3 is 2.94 bits per heavy atom. The molecule has 0 aliphatic heterocycles. The van der Waals surface area contributed by atoms with Gasteiger partial charge in [0.25, 0.3) is 0 Å². The molecule has 16 heavy (non-hydrogen) atoms. The van der Waals surface area contributed by atoms with E-state index in [4.69, 9.17) is 4.42 Å². The maximum atomic E-state index is 5.34. The van der Waals surface area contributed by atoms with E-state index in [0.29, 0.717) is 0 Å². The average molecular weight is 236 g/mol. The second-order valence-corrected chi connectivity index (χ2v) is 5.29. The first-order valence-electron chi connectivity index (χ1n) is 5.28. The van der Waals surface area contributed by atoms with Crippen LogP contribution in [0, 0.1) is 0 Å². The Morgan fingerprint density at radius 2 is 2.31 bits per heavy atom. The van der Waals surface area contributed by atoms with E-state index in [0.717, 1.165) is 23.0 Å². The number of nitrogens with zero attached hydrogens (tertiary/aromatic N) is 1. The molecule has 0 unspecified atom stereocenters. The number of nitrogens with one attached hydrogen (secondary N) is 1. The summed E-state index contributed by atoms with van der Waals surface area (Å²) in [5.74, 6) is 0.844. The standard InChI is InChI=1S/C12H16N2OS/c1-12(2,8-13-3)10-7-16-11(14-10)9-5-4-6-15-9/h4-7,13H,8H2,1-3H3. The predicted molar refractivity (Wildman–Crippen MR) is 66.8 cm³/mol. The first-order valence-corrected chi connectivity index (χ1v) is 6.16. The van der Waals surface area contributed by atoms with Gasteiger partial charge in [0.1, 0.15) is 0 Å². The Kier molecular flexibility index (Phi) is 3.12. The third-order valence-corrected chi connectivity index (χ3v) is 3.41. The Bertz CT molecular complexity index is 445. The number of thiazole rings is 1. The molecule has 3 nitrogen and oxygen atoms in total. The van der Waals surface area contributed by atoms with Crippen molar-refractivity contribution in [1.29, 1.82) is 0 Å². The van der Waals surface area contributed by atoms with Crippen molar-refractivity contribution in [3.05, 3.63) is 29.5 Å². The summed E-state index contributed by atoms with van der Waals surface area (Å²) in [4.78, 5) is 4.63. The van der Waals surface area contributed by atoms with Gasteiger partial charge in [-0.3, -0.25) is 0 Å². The fraction of sp³-hybridized carbons (Fsp3) is 0.417. The highest BCUT2D eigenvalue weighted by atomic mass is 32.1. The molecule has 0 bridgehead atoms. The lowest BCUT2D eigenvalue weighted by Crippen LogP contribution is -2.30. The number of furan rings is 1. The minimum atomic E-state index is 0.0517. The lowest BCUT2D eigenvalue weighted by molar-refractivity contribution is 0.482. The van der Waals surface area contributed by atoms with Crippen LogP contribution in [-0.2, 0) is 5.41 Å². The van der Waals surface area contributed by atoms with Gasteiger partial charge in [0.05, 0.1) is 12.0 Å². The third kappa shape index (κ3) is 2.18. The number of aromatic nitrogens is 1. The summed E-state index contributed by atoms with van der Waals surface area (Å²) >= 11 is 1.63. The monoisotopic (exact) mass is 236 g/mol. The summed E-state index contributed by atoms with van der Waals surface area (Å²) in [6.45, 7) is 5.28. The van der Waals surface area contributed by atoms with Crippen molar-refractivity contribution < 1.29 is 4.42 Å². The quantitative estimate of drug-likeness (QED) is 0.887. The molecule has 0 aromatic carbocycles. The van der Waals surface area contributed by atoms with Gasteiger partial charge < -0.3 is 9.73 Å². The van der Waals surface area contributed by atoms with Crippen molar-refractivity contribution in [1.82, 2.24) is 10.3 Å². The van der Waals surface area contributed by atoms with Crippen LogP contribution in [0.2, 0.25) is 0 Å². The summed E-state index contributed by atoms with van der Waals surface area (Å²) in [5, 5.41) is 6.25. The molecule has 0 radical (unpaired) electrons. The van der Waals surface area contributed by atoms with Crippen LogP contribution < -0.4 is 5.32 Å². The zero-order chi connectivity index (χ0) is 11.6. The highest BCUT2D eigenvalue weighted by Crippen LogP contribution is 2.29. The van der Waals surface area contributed by atoms with Crippen molar-refractivity contribution in [3.8, 4) is 10.8 Å². The first-order chi connectivity index (χ1) is 7.63. The fourth-order valence-corrected chi connectivity index (χ4v) is 2.61. The SMILES string of the molecule is CNCC(C)(C)c1csc(-c2ccco2)n1. The first kappa shape index (κ1) is 11.4. The van der Waals surface area contributed by atoms with Crippen LogP contribution >= 0.6 is 11.3 Å². The van der Waals surface area contributed by atoms with Crippen LogP contribution in [0.3, 0.4) is 0 Å². The van der Waals surface area contributed by atoms with Crippen LogP contribution in [0.5, 0.6) is 0 Å². The van der Waals surface area contributed by atoms with Crippen molar-refractivity contribution >= 4 is 11.3 Å². The van der Waals surface area contributed by atoms with Gasteiger partial charge in [-0.2, -0.15) is 0 Å². The number of hydrogen-bond acceptors (Lipinski definition) is 4. The van der Waals surface area contributed by atoms with Gasteiger partial charge in [-0.25, -0.2) is 4.98 Å². The van der Waals surface area contributed by atoms with Gasteiger partial charge in [0.2, 0.25) is 0 Å². The molecule has 1 N–H and O–H groups in total. The summed E-state index contributed by atoms with van der Waals surface area (Å²) in [7, 11) is 1.96. The van der Waals surface area contributed by atoms with Crippen molar-refractivity contribution in [2.24, 2.45) is 0 Å². The third-order valence-electron chi connectivity index (χ3n) is 2.55. The largest absolute Gasteiger partial charge is 0.462 e. The molecule has 0 atom stereocenters. The topological polar surface area (TPSA) is 38.1 Å². The highest BCUT2D eigenvalue weighted by molar-refractivity contribution is 7.13.